The van der Waals surface area contributed by atoms with Crippen LogP contribution in [0.3, 0.4) is 0 Å². The molecule has 1 unspecified atom stereocenters. The zero-order chi connectivity index (χ0) is 20.1. The summed E-state index contributed by atoms with van der Waals surface area (Å²) in [5.41, 5.74) is 0.848. The van der Waals surface area contributed by atoms with Gasteiger partial charge >= 0.3 is 5.69 Å². The fourth-order valence-electron chi connectivity index (χ4n) is 3.10. The highest BCUT2D eigenvalue weighted by atomic mass is 35.5. The third kappa shape index (κ3) is 4.31. The minimum atomic E-state index is -0.370. The largest absolute Gasteiger partial charge is 0.350 e. The van der Waals surface area contributed by atoms with Crippen LogP contribution in [-0.2, 0) is 6.54 Å². The van der Waals surface area contributed by atoms with Crippen molar-refractivity contribution in [3.8, 4) is 17.1 Å². The summed E-state index contributed by atoms with van der Waals surface area (Å²) in [5, 5.41) is 8.11. The molecule has 1 atom stereocenters. The van der Waals surface area contributed by atoms with Gasteiger partial charge in [-0.15, -0.1) is 5.10 Å². The lowest BCUT2D eigenvalue weighted by Crippen LogP contribution is -2.28. The Bertz CT molecular complexity index is 983. The Morgan fingerprint density at radius 2 is 2.00 bits per heavy atom. The van der Waals surface area contributed by atoms with Crippen molar-refractivity contribution in [3.05, 3.63) is 64.0 Å². The topological polar surface area (TPSA) is 64.7 Å². The first-order valence-electron chi connectivity index (χ1n) is 9.25. The molecule has 0 saturated carbocycles. The van der Waals surface area contributed by atoms with Crippen molar-refractivity contribution in [2.45, 2.75) is 26.3 Å². The van der Waals surface area contributed by atoms with Gasteiger partial charge in [-0.25, -0.2) is 18.4 Å². The normalized spacial score (nSPS) is 12.3. The maximum absolute atomic E-state index is 13.4. The van der Waals surface area contributed by atoms with E-state index in [9.17, 15) is 9.18 Å². The highest BCUT2D eigenvalue weighted by Gasteiger charge is 2.20. The number of rotatable bonds is 8. The zero-order valence-electron chi connectivity index (χ0n) is 15.9. The summed E-state index contributed by atoms with van der Waals surface area (Å²) in [5.74, 6) is 0.348. The molecule has 1 aromatic carbocycles. The van der Waals surface area contributed by atoms with Crippen molar-refractivity contribution in [2.24, 2.45) is 5.92 Å². The summed E-state index contributed by atoms with van der Waals surface area (Å²) in [7, 11) is 1.91. The predicted molar refractivity (Wildman–Crippen MR) is 108 cm³/mol. The molecular weight excluding hydrogens is 381 g/mol. The van der Waals surface area contributed by atoms with Crippen molar-refractivity contribution in [1.29, 1.82) is 0 Å². The summed E-state index contributed by atoms with van der Waals surface area (Å²) >= 11 is 6.31. The minimum absolute atomic E-state index is 0.280. The molecule has 3 rings (SSSR count). The van der Waals surface area contributed by atoms with Crippen LogP contribution in [0.15, 0.2) is 47.5 Å². The van der Waals surface area contributed by atoms with Crippen LogP contribution in [0.2, 0.25) is 5.02 Å². The van der Waals surface area contributed by atoms with E-state index in [0.29, 0.717) is 34.6 Å². The number of nitrogens with one attached hydrogen (secondary N) is 1. The smallest absolute Gasteiger partial charge is 0.320 e. The minimum Gasteiger partial charge on any atom is -0.320 e. The van der Waals surface area contributed by atoms with Crippen LogP contribution in [0, 0.1) is 11.7 Å². The zero-order valence-corrected chi connectivity index (χ0v) is 16.7. The van der Waals surface area contributed by atoms with Crippen molar-refractivity contribution < 1.29 is 4.39 Å². The molecule has 0 fully saturated rings. The van der Waals surface area contributed by atoms with E-state index < -0.39 is 0 Å². The van der Waals surface area contributed by atoms with Gasteiger partial charge in [0.05, 0.1) is 10.7 Å². The molecule has 2 aromatic heterocycles. The van der Waals surface area contributed by atoms with Gasteiger partial charge in [-0.05, 0) is 56.3 Å². The molecule has 0 radical (unpaired) electrons. The predicted octanol–water partition coefficient (Wildman–Crippen LogP) is 3.52. The first kappa shape index (κ1) is 20.2. The summed E-state index contributed by atoms with van der Waals surface area (Å²) in [6.45, 7) is 3.47. The van der Waals surface area contributed by atoms with Gasteiger partial charge in [0.25, 0.3) is 0 Å². The van der Waals surface area contributed by atoms with Crippen LogP contribution in [0.1, 0.15) is 19.8 Å². The molecule has 8 heteroatoms. The number of pyridine rings is 1. The Hall–Kier alpha value is -2.51. The van der Waals surface area contributed by atoms with Crippen LogP contribution in [0.25, 0.3) is 17.1 Å². The molecule has 6 nitrogen and oxygen atoms in total. The van der Waals surface area contributed by atoms with Crippen LogP contribution in [-0.4, -0.2) is 32.9 Å². The monoisotopic (exact) mass is 403 g/mol. The first-order valence-corrected chi connectivity index (χ1v) is 9.63. The van der Waals surface area contributed by atoms with Crippen LogP contribution in [0.4, 0.5) is 4.39 Å². The number of aromatic nitrogens is 4. The fraction of sp³-hybridized carbons (Fsp3) is 0.350. The van der Waals surface area contributed by atoms with Gasteiger partial charge in [0, 0.05) is 24.5 Å². The van der Waals surface area contributed by atoms with Crippen LogP contribution in [0.5, 0.6) is 0 Å². The molecule has 0 saturated heterocycles. The Kier molecular flexibility index (Phi) is 6.59. The highest BCUT2D eigenvalue weighted by molar-refractivity contribution is 6.33. The Labute approximate surface area is 168 Å². The lowest BCUT2D eigenvalue weighted by Gasteiger charge is -2.13. The molecule has 0 bridgehead atoms. The molecule has 148 valence electrons. The lowest BCUT2D eigenvalue weighted by atomic mass is 10.0. The molecule has 0 spiro atoms. The lowest BCUT2D eigenvalue weighted by molar-refractivity contribution is 0.372. The third-order valence-electron chi connectivity index (χ3n) is 4.75. The molecule has 1 N–H and O–H groups in total. The van der Waals surface area contributed by atoms with Gasteiger partial charge in [-0.3, -0.25) is 4.98 Å². The van der Waals surface area contributed by atoms with Gasteiger partial charge in [0.2, 0.25) is 0 Å². The summed E-state index contributed by atoms with van der Waals surface area (Å²) in [4.78, 5) is 17.2. The number of nitrogens with zero attached hydrogens (tertiary/aromatic N) is 4. The maximum atomic E-state index is 13.4. The van der Waals surface area contributed by atoms with E-state index in [2.05, 4.69) is 22.3 Å². The van der Waals surface area contributed by atoms with Crippen LogP contribution < -0.4 is 11.0 Å². The Morgan fingerprint density at radius 3 is 2.64 bits per heavy atom. The van der Waals surface area contributed by atoms with Crippen molar-refractivity contribution >= 4 is 11.6 Å². The second-order valence-corrected chi connectivity index (χ2v) is 7.03. The first-order chi connectivity index (χ1) is 13.5. The van der Waals surface area contributed by atoms with Crippen molar-refractivity contribution in [3.63, 3.8) is 0 Å². The summed E-state index contributed by atoms with van der Waals surface area (Å²) in [6.07, 6.45) is 4.98. The van der Waals surface area contributed by atoms with E-state index in [4.69, 9.17) is 11.6 Å². The molecule has 0 amide bonds. The van der Waals surface area contributed by atoms with Gasteiger partial charge in [-0.1, -0.05) is 24.9 Å². The quantitative estimate of drug-likeness (QED) is 0.625. The Morgan fingerprint density at radius 1 is 1.25 bits per heavy atom. The van der Waals surface area contributed by atoms with Gasteiger partial charge < -0.3 is 5.32 Å². The standard InChI is InChI=1S/C20H23ClFN5O/c1-3-14(8-10-23-2)13-26-20(28)27(16-6-4-15(22)5-7-16)19(25-26)17-9-11-24-12-18(17)21/h4-7,9,11-12,14,23H,3,8,10,13H2,1-2H3. The fourth-order valence-corrected chi connectivity index (χ4v) is 3.30. The number of hydrogen-bond donors (Lipinski definition) is 1. The molecule has 0 aliphatic rings. The molecular formula is C20H23ClFN5O. The van der Waals surface area contributed by atoms with Gasteiger partial charge in [0.1, 0.15) is 5.82 Å². The van der Waals surface area contributed by atoms with Crippen LogP contribution >= 0.6 is 11.6 Å². The summed E-state index contributed by atoms with van der Waals surface area (Å²) < 4.78 is 16.3. The van der Waals surface area contributed by atoms with E-state index in [0.717, 1.165) is 19.4 Å². The second-order valence-electron chi connectivity index (χ2n) is 6.62. The van der Waals surface area contributed by atoms with E-state index in [-0.39, 0.29) is 11.5 Å². The van der Waals surface area contributed by atoms with E-state index >= 15 is 0 Å². The number of halogens is 2. The second kappa shape index (κ2) is 9.12. The van der Waals surface area contributed by atoms with Gasteiger partial charge in [0.15, 0.2) is 5.82 Å². The average Bonchev–Trinajstić information content (AvgIpc) is 3.02. The average molecular weight is 404 g/mol. The summed E-state index contributed by atoms with van der Waals surface area (Å²) in [6, 6.07) is 7.46. The number of hydrogen-bond acceptors (Lipinski definition) is 4. The molecule has 3 aromatic rings. The number of benzene rings is 1. The van der Waals surface area contributed by atoms with Crippen molar-refractivity contribution in [2.75, 3.05) is 13.6 Å². The SMILES string of the molecule is CCC(CCNC)Cn1nc(-c2ccncc2Cl)n(-c2ccc(F)cc2)c1=O. The van der Waals surface area contributed by atoms with Gasteiger partial charge in [-0.2, -0.15) is 0 Å². The van der Waals surface area contributed by atoms with Crippen molar-refractivity contribution in [1.82, 2.24) is 24.6 Å². The molecule has 0 aliphatic carbocycles. The van der Waals surface area contributed by atoms with E-state index in [1.165, 1.54) is 27.6 Å². The van der Waals surface area contributed by atoms with E-state index in [1.807, 2.05) is 7.05 Å². The maximum Gasteiger partial charge on any atom is 0.350 e. The third-order valence-corrected chi connectivity index (χ3v) is 5.05. The Balaban J connectivity index is 2.11. The molecule has 0 aliphatic heterocycles. The van der Waals surface area contributed by atoms with E-state index in [1.54, 1.807) is 24.4 Å². The molecule has 2 heterocycles. The highest BCUT2D eigenvalue weighted by Crippen LogP contribution is 2.26. The molecule has 28 heavy (non-hydrogen) atoms.